The van der Waals surface area contributed by atoms with Crippen LogP contribution in [0.1, 0.15) is 40.2 Å². The largest absolute Gasteiger partial charge is 0.416 e. The van der Waals surface area contributed by atoms with Crippen LogP contribution in [0.4, 0.5) is 18.9 Å². The predicted molar refractivity (Wildman–Crippen MR) is 120 cm³/mol. The van der Waals surface area contributed by atoms with Gasteiger partial charge in [0, 0.05) is 37.3 Å². The van der Waals surface area contributed by atoms with Gasteiger partial charge in [-0.2, -0.15) is 13.2 Å². The molecule has 166 valence electrons. The molecule has 2 aliphatic heterocycles. The van der Waals surface area contributed by atoms with E-state index in [9.17, 15) is 13.2 Å². The minimum absolute atomic E-state index is 0.0903. The highest BCUT2D eigenvalue weighted by molar-refractivity contribution is 7.80. The maximum Gasteiger partial charge on any atom is 0.416 e. The maximum absolute atomic E-state index is 13.4. The van der Waals surface area contributed by atoms with Gasteiger partial charge < -0.3 is 4.90 Å². The van der Waals surface area contributed by atoms with Crippen molar-refractivity contribution in [2.75, 3.05) is 38.1 Å². The van der Waals surface area contributed by atoms with Crippen LogP contribution < -0.4 is 4.90 Å². The lowest BCUT2D eigenvalue weighted by atomic mass is 9.85. The van der Waals surface area contributed by atoms with Crippen LogP contribution in [0.25, 0.3) is 0 Å². The fraction of sp³-hybridized carbons (Fsp3) is 0.636. The molecule has 0 unspecified atom stereocenters. The van der Waals surface area contributed by atoms with Crippen LogP contribution in [0.2, 0.25) is 0 Å². The molecule has 2 aliphatic rings. The number of amidine groups is 1. The second kappa shape index (κ2) is 7.88. The summed E-state index contributed by atoms with van der Waals surface area (Å²) in [5, 5.41) is 0. The molecule has 4 nitrogen and oxygen atoms in total. The summed E-state index contributed by atoms with van der Waals surface area (Å²) in [4.78, 5) is 12.0. The van der Waals surface area contributed by atoms with E-state index in [1.54, 1.807) is 11.0 Å². The van der Waals surface area contributed by atoms with E-state index in [1.165, 1.54) is 12.1 Å². The first-order chi connectivity index (χ1) is 13.7. The summed E-state index contributed by atoms with van der Waals surface area (Å²) in [6.45, 7) is 13.8. The number of likely N-dealkylation sites (N-methyl/N-ethyl adjacent to an activating group) is 1. The van der Waals surface area contributed by atoms with E-state index in [2.05, 4.69) is 30.7 Å². The third-order valence-corrected chi connectivity index (χ3v) is 6.40. The van der Waals surface area contributed by atoms with Crippen LogP contribution in [0, 0.1) is 5.41 Å². The first-order valence-corrected chi connectivity index (χ1v) is 10.7. The molecule has 0 spiro atoms. The molecule has 0 radical (unpaired) electrons. The van der Waals surface area contributed by atoms with Crippen molar-refractivity contribution in [3.63, 3.8) is 0 Å². The predicted octanol–water partition coefficient (Wildman–Crippen LogP) is 4.69. The quantitative estimate of drug-likeness (QED) is 0.622. The van der Waals surface area contributed by atoms with Gasteiger partial charge in [-0.3, -0.25) is 14.8 Å². The summed E-state index contributed by atoms with van der Waals surface area (Å²) in [6, 6.07) is 5.29. The molecule has 8 heteroatoms. The molecule has 1 aromatic rings. The van der Waals surface area contributed by atoms with E-state index in [0.717, 1.165) is 38.1 Å². The lowest BCUT2D eigenvalue weighted by molar-refractivity contribution is -0.137. The molecule has 3 rings (SSSR count). The molecule has 1 aromatic carbocycles. The average molecular weight is 441 g/mol. The number of alkyl halides is 3. The van der Waals surface area contributed by atoms with Crippen LogP contribution in [-0.4, -0.2) is 65.4 Å². The standard InChI is InChI=1S/C22H31F3N4S/c1-20(2,3)26-18-17(28-12-10-27(6)11-13-28)21(4,5)19(30)29(18)16-9-7-8-15(14-16)22(23,24)25/h7-9,14,17H,10-13H2,1-6H3/t17-/m0/s1. The van der Waals surface area contributed by atoms with Crippen molar-refractivity contribution < 1.29 is 13.2 Å². The number of aliphatic imine (C=N–C) groups is 1. The maximum atomic E-state index is 13.4. The number of hydrogen-bond acceptors (Lipinski definition) is 4. The molecule has 30 heavy (non-hydrogen) atoms. The highest BCUT2D eigenvalue weighted by atomic mass is 32.1. The Kier molecular flexibility index (Phi) is 6.08. The Labute approximate surface area is 182 Å². The Morgan fingerprint density at radius 3 is 2.20 bits per heavy atom. The molecule has 1 atom stereocenters. The zero-order valence-electron chi connectivity index (χ0n) is 18.5. The molecular formula is C22H31F3N4S. The SMILES string of the molecule is CN1CCN([C@H]2C(=NC(C)(C)C)N(c3cccc(C(F)(F)F)c3)C(=S)C2(C)C)CC1. The van der Waals surface area contributed by atoms with Gasteiger partial charge in [0.05, 0.1) is 22.1 Å². The van der Waals surface area contributed by atoms with Crippen molar-refractivity contribution in [1.29, 1.82) is 0 Å². The highest BCUT2D eigenvalue weighted by Crippen LogP contribution is 2.42. The fourth-order valence-corrected chi connectivity index (χ4v) is 4.49. The minimum atomic E-state index is -4.41. The van der Waals surface area contributed by atoms with E-state index in [-0.39, 0.29) is 6.04 Å². The summed E-state index contributed by atoms with van der Waals surface area (Å²) < 4.78 is 40.1. The zero-order chi connectivity index (χ0) is 22.5. The van der Waals surface area contributed by atoms with Gasteiger partial charge in [-0.25, -0.2) is 0 Å². The summed E-state index contributed by atoms with van der Waals surface area (Å²) in [5.41, 5.74) is -1.10. The Morgan fingerprint density at radius 2 is 1.67 bits per heavy atom. The van der Waals surface area contributed by atoms with Crippen molar-refractivity contribution in [3.05, 3.63) is 29.8 Å². The van der Waals surface area contributed by atoms with Gasteiger partial charge in [0.25, 0.3) is 0 Å². The summed E-state index contributed by atoms with van der Waals surface area (Å²) in [5.74, 6) is 0.737. The van der Waals surface area contributed by atoms with Crippen molar-refractivity contribution in [1.82, 2.24) is 9.80 Å². The van der Waals surface area contributed by atoms with Crippen molar-refractivity contribution >= 4 is 28.7 Å². The molecule has 2 saturated heterocycles. The molecule has 0 bridgehead atoms. The van der Waals surface area contributed by atoms with Crippen LogP contribution in [0.15, 0.2) is 29.3 Å². The Balaban J connectivity index is 2.12. The van der Waals surface area contributed by atoms with E-state index in [4.69, 9.17) is 17.2 Å². The molecule has 0 aromatic heterocycles. The zero-order valence-corrected chi connectivity index (χ0v) is 19.4. The Morgan fingerprint density at radius 1 is 1.07 bits per heavy atom. The number of nitrogens with zero attached hydrogens (tertiary/aromatic N) is 4. The van der Waals surface area contributed by atoms with Gasteiger partial charge >= 0.3 is 6.18 Å². The lowest BCUT2D eigenvalue weighted by Gasteiger charge is -2.41. The molecule has 0 saturated carbocycles. The van der Waals surface area contributed by atoms with E-state index >= 15 is 0 Å². The highest BCUT2D eigenvalue weighted by Gasteiger charge is 2.53. The summed E-state index contributed by atoms with van der Waals surface area (Å²) in [7, 11) is 2.10. The van der Waals surface area contributed by atoms with E-state index in [1.807, 2.05) is 20.8 Å². The summed E-state index contributed by atoms with van der Waals surface area (Å²) in [6.07, 6.45) is -4.41. The van der Waals surface area contributed by atoms with Gasteiger partial charge in [0.1, 0.15) is 5.84 Å². The smallest absolute Gasteiger partial charge is 0.304 e. The monoisotopic (exact) mass is 440 g/mol. The number of rotatable bonds is 2. The first-order valence-electron chi connectivity index (χ1n) is 10.3. The van der Waals surface area contributed by atoms with Gasteiger partial charge in [-0.15, -0.1) is 0 Å². The fourth-order valence-electron chi connectivity index (χ4n) is 4.18. The number of anilines is 1. The Bertz CT molecular complexity index is 834. The Hall–Kier alpha value is -1.51. The van der Waals surface area contributed by atoms with Crippen LogP contribution in [0.5, 0.6) is 0 Å². The third-order valence-electron chi connectivity index (χ3n) is 5.70. The normalized spacial score (nSPS) is 25.4. The van der Waals surface area contributed by atoms with Gasteiger partial charge in [0.2, 0.25) is 0 Å². The van der Waals surface area contributed by atoms with Crippen molar-refractivity contribution in [2.24, 2.45) is 10.4 Å². The molecule has 0 aliphatic carbocycles. The van der Waals surface area contributed by atoms with Gasteiger partial charge in [-0.05, 0) is 46.0 Å². The average Bonchev–Trinajstić information content (AvgIpc) is 2.80. The number of thiocarbonyl (C=S) groups is 1. The van der Waals surface area contributed by atoms with E-state index < -0.39 is 22.7 Å². The van der Waals surface area contributed by atoms with E-state index in [0.29, 0.717) is 10.7 Å². The van der Waals surface area contributed by atoms with Crippen molar-refractivity contribution in [3.8, 4) is 0 Å². The minimum Gasteiger partial charge on any atom is -0.304 e. The second-order valence-electron chi connectivity index (χ2n) is 9.79. The van der Waals surface area contributed by atoms with Crippen LogP contribution in [0.3, 0.4) is 0 Å². The van der Waals surface area contributed by atoms with Crippen molar-refractivity contribution in [2.45, 2.75) is 52.4 Å². The second-order valence-corrected chi connectivity index (χ2v) is 10.2. The number of piperazine rings is 1. The molecular weight excluding hydrogens is 409 g/mol. The first kappa shape index (κ1) is 23.2. The van der Waals surface area contributed by atoms with Gasteiger partial charge in [-0.1, -0.05) is 32.1 Å². The van der Waals surface area contributed by atoms with Gasteiger partial charge in [0.15, 0.2) is 0 Å². The van der Waals surface area contributed by atoms with Crippen LogP contribution in [-0.2, 0) is 6.18 Å². The van der Waals surface area contributed by atoms with Crippen LogP contribution >= 0.6 is 12.2 Å². The number of hydrogen-bond donors (Lipinski definition) is 0. The third kappa shape index (κ3) is 4.55. The number of benzene rings is 1. The molecule has 2 fully saturated rings. The molecule has 0 N–H and O–H groups in total. The topological polar surface area (TPSA) is 22.1 Å². The summed E-state index contributed by atoms with van der Waals surface area (Å²) >= 11 is 5.86. The lowest BCUT2D eigenvalue weighted by Crippen LogP contribution is -2.55. The number of halogens is 3. The molecule has 2 heterocycles. The molecule has 0 amide bonds.